The second-order valence-electron chi connectivity index (χ2n) is 12.3. The summed E-state index contributed by atoms with van der Waals surface area (Å²) in [6.45, 7) is 13.8. The Kier molecular flexibility index (Phi) is 16.3. The van der Waals surface area contributed by atoms with Crippen LogP contribution in [0.25, 0.3) is 0 Å². The van der Waals surface area contributed by atoms with Gasteiger partial charge in [0.1, 0.15) is 24.9 Å². The summed E-state index contributed by atoms with van der Waals surface area (Å²) in [5.74, 6) is -1.41. The molecule has 1 rings (SSSR count). The van der Waals surface area contributed by atoms with E-state index in [0.717, 1.165) is 0 Å². The predicted octanol–water partition coefficient (Wildman–Crippen LogP) is -0.285. The minimum Gasteiger partial charge on any atom is -0.374 e. The van der Waals surface area contributed by atoms with Crippen LogP contribution in [0.3, 0.4) is 0 Å². The number of nitrogens with one attached hydrogen (secondary N) is 5. The summed E-state index contributed by atoms with van der Waals surface area (Å²) in [6, 6.07) is -1.55. The van der Waals surface area contributed by atoms with Gasteiger partial charge in [-0.05, 0) is 59.8 Å². The monoisotopic (exact) mass is 625 g/mol. The highest BCUT2D eigenvalue weighted by Gasteiger charge is 2.27. The lowest BCUT2D eigenvalue weighted by atomic mass is 10.0. The molecule has 1 unspecified atom stereocenters. The van der Waals surface area contributed by atoms with Gasteiger partial charge in [0.15, 0.2) is 0 Å². The number of aromatic nitrogens is 3. The van der Waals surface area contributed by atoms with Crippen LogP contribution >= 0.6 is 0 Å². The molecule has 0 saturated carbocycles. The third-order valence-corrected chi connectivity index (χ3v) is 6.43. The fourth-order valence-corrected chi connectivity index (χ4v) is 4.15. The third-order valence-electron chi connectivity index (χ3n) is 6.43. The molecule has 0 aliphatic carbocycles. The maximum atomic E-state index is 12.7. The second-order valence-corrected chi connectivity index (χ2v) is 12.3. The van der Waals surface area contributed by atoms with Gasteiger partial charge in [-0.15, -0.1) is 5.10 Å². The van der Waals surface area contributed by atoms with Crippen molar-refractivity contribution in [3.8, 4) is 0 Å². The Morgan fingerprint density at radius 1 is 1.07 bits per heavy atom. The summed E-state index contributed by atoms with van der Waals surface area (Å²) < 4.78 is 13.0. The zero-order valence-corrected chi connectivity index (χ0v) is 27.0. The number of carbonyl (C=O) groups excluding carboxylic acids is 5. The molecule has 0 aliphatic heterocycles. The lowest BCUT2D eigenvalue weighted by molar-refractivity contribution is -0.135. The minimum absolute atomic E-state index is 0.172. The molecule has 250 valence electrons. The Morgan fingerprint density at radius 3 is 2.39 bits per heavy atom. The number of rotatable bonds is 22. The summed E-state index contributed by atoms with van der Waals surface area (Å²) in [6.07, 6.45) is 4.10. The van der Waals surface area contributed by atoms with Crippen molar-refractivity contribution in [2.45, 2.75) is 104 Å². The van der Waals surface area contributed by atoms with E-state index in [4.69, 9.17) is 15.2 Å². The van der Waals surface area contributed by atoms with Crippen LogP contribution < -0.4 is 32.3 Å². The quantitative estimate of drug-likeness (QED) is 0.0735. The molecule has 0 saturated heterocycles. The predicted molar refractivity (Wildman–Crippen MR) is 162 cm³/mol. The van der Waals surface area contributed by atoms with Crippen molar-refractivity contribution in [2.24, 2.45) is 11.7 Å². The zero-order valence-electron chi connectivity index (χ0n) is 27.0. The van der Waals surface area contributed by atoms with Crippen LogP contribution in [-0.4, -0.2) is 94.7 Å². The topological polar surface area (TPSA) is 221 Å². The standard InChI is InChI=1S/C28H51N9O7/c1-19(2)24(25(41)32-20(3)9-8-11-31-26(29)42)33-22(39)15-43-16-23(40)34-27(4,5)10-12-44-28(6,7)17-37-14-21(35-36-37)13-30-18-38/h14,18-20,24H,8-13,15-17H2,1-7H3,(H,30,38)(H,32,41)(H,33,39)(H,34,40)(H3,29,31,42)/t20-,24?/m1/s1. The number of nitrogens with two attached hydrogens (primary N) is 1. The molecule has 0 aliphatic rings. The number of hydrogen-bond donors (Lipinski definition) is 6. The summed E-state index contributed by atoms with van der Waals surface area (Å²) in [5, 5.41) is 21.5. The van der Waals surface area contributed by atoms with Crippen molar-refractivity contribution in [2.75, 3.05) is 26.4 Å². The molecule has 1 aromatic heterocycles. The first kappa shape index (κ1) is 38.2. The smallest absolute Gasteiger partial charge is 0.312 e. The molecule has 44 heavy (non-hydrogen) atoms. The van der Waals surface area contributed by atoms with Crippen molar-refractivity contribution in [1.82, 2.24) is 41.6 Å². The normalized spacial score (nSPS) is 13.1. The Labute approximate surface area is 259 Å². The Hall–Kier alpha value is -3.79. The first-order valence-electron chi connectivity index (χ1n) is 14.8. The van der Waals surface area contributed by atoms with Gasteiger partial charge in [-0.3, -0.25) is 19.2 Å². The average Bonchev–Trinajstić information content (AvgIpc) is 3.33. The van der Waals surface area contributed by atoms with E-state index in [9.17, 15) is 24.0 Å². The summed E-state index contributed by atoms with van der Waals surface area (Å²) in [4.78, 5) is 58.9. The van der Waals surface area contributed by atoms with Crippen LogP contribution in [0.5, 0.6) is 0 Å². The fraction of sp³-hybridized carbons (Fsp3) is 0.750. The van der Waals surface area contributed by atoms with Gasteiger partial charge in [0, 0.05) is 24.7 Å². The van der Waals surface area contributed by atoms with E-state index in [2.05, 4.69) is 36.9 Å². The van der Waals surface area contributed by atoms with Gasteiger partial charge in [-0.1, -0.05) is 19.1 Å². The number of urea groups is 1. The molecule has 16 heteroatoms. The van der Waals surface area contributed by atoms with E-state index >= 15 is 0 Å². The molecule has 0 fully saturated rings. The first-order valence-corrected chi connectivity index (χ1v) is 14.8. The summed E-state index contributed by atoms with van der Waals surface area (Å²) >= 11 is 0. The molecular formula is C28H51N9O7. The molecule has 2 atom stereocenters. The largest absolute Gasteiger partial charge is 0.374 e. The highest BCUT2D eigenvalue weighted by Crippen LogP contribution is 2.16. The Bertz CT molecular complexity index is 1080. The van der Waals surface area contributed by atoms with Crippen LogP contribution in [0, 0.1) is 5.92 Å². The van der Waals surface area contributed by atoms with Gasteiger partial charge >= 0.3 is 6.03 Å². The lowest BCUT2D eigenvalue weighted by Crippen LogP contribution is -2.52. The number of primary amides is 1. The van der Waals surface area contributed by atoms with Gasteiger partial charge in [0.25, 0.3) is 0 Å². The van der Waals surface area contributed by atoms with E-state index in [1.54, 1.807) is 10.9 Å². The van der Waals surface area contributed by atoms with Crippen molar-refractivity contribution in [1.29, 1.82) is 0 Å². The van der Waals surface area contributed by atoms with E-state index in [0.29, 0.717) is 57.6 Å². The van der Waals surface area contributed by atoms with E-state index in [1.165, 1.54) is 0 Å². The van der Waals surface area contributed by atoms with Crippen molar-refractivity contribution >= 4 is 30.2 Å². The molecule has 0 radical (unpaired) electrons. The van der Waals surface area contributed by atoms with Crippen molar-refractivity contribution in [3.05, 3.63) is 11.9 Å². The molecule has 0 bridgehead atoms. The van der Waals surface area contributed by atoms with Crippen molar-refractivity contribution < 1.29 is 33.4 Å². The molecular weight excluding hydrogens is 574 g/mol. The fourth-order valence-electron chi connectivity index (χ4n) is 4.15. The van der Waals surface area contributed by atoms with Crippen LogP contribution in [0.2, 0.25) is 0 Å². The molecule has 0 aromatic carbocycles. The number of hydrogen-bond acceptors (Lipinski definition) is 9. The molecule has 16 nitrogen and oxygen atoms in total. The van der Waals surface area contributed by atoms with Gasteiger partial charge in [-0.2, -0.15) is 0 Å². The highest BCUT2D eigenvalue weighted by atomic mass is 16.5. The van der Waals surface area contributed by atoms with E-state index in [1.807, 2.05) is 48.5 Å². The van der Waals surface area contributed by atoms with Crippen LogP contribution in [0.4, 0.5) is 4.79 Å². The van der Waals surface area contributed by atoms with Gasteiger partial charge in [-0.25, -0.2) is 9.48 Å². The number of carbonyl (C=O) groups is 5. The minimum atomic E-state index is -0.777. The second kappa shape index (κ2) is 18.8. The lowest BCUT2D eigenvalue weighted by Gasteiger charge is -2.30. The zero-order chi connectivity index (χ0) is 33.3. The summed E-state index contributed by atoms with van der Waals surface area (Å²) in [5.41, 5.74) is 4.51. The third kappa shape index (κ3) is 16.7. The van der Waals surface area contributed by atoms with Crippen LogP contribution in [-0.2, 0) is 41.7 Å². The maximum Gasteiger partial charge on any atom is 0.312 e. The van der Waals surface area contributed by atoms with E-state index < -0.39 is 29.1 Å². The van der Waals surface area contributed by atoms with Gasteiger partial charge < -0.3 is 41.8 Å². The highest BCUT2D eigenvalue weighted by molar-refractivity contribution is 5.88. The first-order chi connectivity index (χ1) is 20.5. The van der Waals surface area contributed by atoms with Crippen molar-refractivity contribution in [3.63, 3.8) is 0 Å². The number of ether oxygens (including phenoxy) is 2. The van der Waals surface area contributed by atoms with Gasteiger partial charge in [0.2, 0.25) is 24.1 Å². The molecule has 0 spiro atoms. The molecule has 1 heterocycles. The Balaban J connectivity index is 2.39. The summed E-state index contributed by atoms with van der Waals surface area (Å²) in [7, 11) is 0. The number of nitrogens with zero attached hydrogens (tertiary/aromatic N) is 3. The molecule has 1 aromatic rings. The Morgan fingerprint density at radius 2 is 1.75 bits per heavy atom. The van der Waals surface area contributed by atoms with Crippen LogP contribution in [0.1, 0.15) is 73.4 Å². The SMILES string of the molecule is CC(C)C(NC(=O)COCC(=O)NC(C)(C)CCOC(C)(C)Cn1cc(CNC=O)nn1)C(=O)N[C@H](C)CCCNC(N)=O. The maximum absolute atomic E-state index is 12.7. The van der Waals surface area contributed by atoms with E-state index in [-0.39, 0.29) is 37.0 Å². The molecule has 7 N–H and O–H groups in total. The van der Waals surface area contributed by atoms with Gasteiger partial charge in [0.05, 0.1) is 24.9 Å². The molecule has 6 amide bonds. The number of amides is 6. The average molecular weight is 626 g/mol. The van der Waals surface area contributed by atoms with Crippen LogP contribution in [0.15, 0.2) is 6.20 Å².